The minimum absolute atomic E-state index is 0.334. The summed E-state index contributed by atoms with van der Waals surface area (Å²) in [6, 6.07) is 0. The predicted molar refractivity (Wildman–Crippen MR) is 45.3 cm³/mol. The zero-order valence-corrected chi connectivity index (χ0v) is 7.07. The summed E-state index contributed by atoms with van der Waals surface area (Å²) < 4.78 is 0. The van der Waals surface area contributed by atoms with Crippen molar-refractivity contribution in [2.24, 2.45) is 0 Å². The molecule has 0 saturated heterocycles. The first-order valence-electron chi connectivity index (χ1n) is 4.06. The molecule has 0 radical (unpaired) electrons. The van der Waals surface area contributed by atoms with Gasteiger partial charge in [0.2, 0.25) is 5.79 Å². The molecule has 1 aliphatic rings. The summed E-state index contributed by atoms with van der Waals surface area (Å²) >= 11 is 0. The van der Waals surface area contributed by atoms with E-state index >= 15 is 0 Å². The first-order valence-corrected chi connectivity index (χ1v) is 4.06. The zero-order valence-electron chi connectivity index (χ0n) is 7.07. The first-order chi connectivity index (χ1) is 5.52. The number of hydrogen-bond acceptors (Lipinski definition) is 3. The topological polar surface area (TPSA) is 60.7 Å². The second-order valence-electron chi connectivity index (χ2n) is 3.12. The number of aliphatic hydroxyl groups is 3. The summed E-state index contributed by atoms with van der Waals surface area (Å²) in [7, 11) is 0. The number of rotatable bonds is 2. The minimum atomic E-state index is -2.13. The third-order valence-electron chi connectivity index (χ3n) is 2.08. The summed E-state index contributed by atoms with van der Waals surface area (Å²) in [6.07, 6.45) is 6.74. The molecule has 0 aromatic heterocycles. The molecule has 0 bridgehead atoms. The van der Waals surface area contributed by atoms with Crippen molar-refractivity contribution in [1.82, 2.24) is 0 Å². The maximum absolute atomic E-state index is 9.76. The van der Waals surface area contributed by atoms with Crippen LogP contribution in [-0.2, 0) is 0 Å². The van der Waals surface area contributed by atoms with E-state index in [-0.39, 0.29) is 0 Å². The zero-order chi connectivity index (χ0) is 9.24. The molecule has 1 rings (SSSR count). The average molecular weight is 170 g/mol. The Labute approximate surface area is 71.7 Å². The van der Waals surface area contributed by atoms with E-state index in [2.05, 4.69) is 0 Å². The summed E-state index contributed by atoms with van der Waals surface area (Å²) in [5.74, 6) is -2.13. The third-order valence-corrected chi connectivity index (χ3v) is 2.08. The van der Waals surface area contributed by atoms with Gasteiger partial charge in [-0.3, -0.25) is 0 Å². The van der Waals surface area contributed by atoms with Gasteiger partial charge >= 0.3 is 0 Å². The van der Waals surface area contributed by atoms with Gasteiger partial charge < -0.3 is 15.3 Å². The van der Waals surface area contributed by atoms with Crippen LogP contribution in [0.2, 0.25) is 0 Å². The Hall–Kier alpha value is -0.640. The molecular formula is C9H14O3. The van der Waals surface area contributed by atoms with E-state index in [0.717, 1.165) is 0 Å². The van der Waals surface area contributed by atoms with Crippen LogP contribution in [0.4, 0.5) is 0 Å². The Bertz CT molecular complexity index is 218. The lowest BCUT2D eigenvalue weighted by atomic mass is 9.85. The molecule has 1 unspecified atom stereocenters. The standard InChI is InChI=1S/C9H14O3/c1-2-5-8(10)6-3-4-7-9(8,11)12/h3-4,6-7,10-12H,2,5H2,1H3. The lowest BCUT2D eigenvalue weighted by molar-refractivity contribution is -0.226. The van der Waals surface area contributed by atoms with Gasteiger partial charge in [-0.05, 0) is 18.6 Å². The molecule has 0 spiro atoms. The molecule has 0 heterocycles. The Balaban J connectivity index is 2.88. The molecule has 1 atom stereocenters. The number of allylic oxidation sites excluding steroid dienone is 2. The lowest BCUT2D eigenvalue weighted by Gasteiger charge is -2.36. The SMILES string of the molecule is CCCC1(O)C=CC=CC1(O)O. The van der Waals surface area contributed by atoms with Crippen molar-refractivity contribution < 1.29 is 15.3 Å². The van der Waals surface area contributed by atoms with E-state index in [1.54, 1.807) is 6.08 Å². The van der Waals surface area contributed by atoms with Crippen LogP contribution < -0.4 is 0 Å². The second-order valence-corrected chi connectivity index (χ2v) is 3.12. The largest absolute Gasteiger partial charge is 0.380 e. The maximum atomic E-state index is 9.76. The van der Waals surface area contributed by atoms with Crippen molar-refractivity contribution in [3.8, 4) is 0 Å². The van der Waals surface area contributed by atoms with Crippen molar-refractivity contribution in [2.45, 2.75) is 31.2 Å². The normalized spacial score (nSPS) is 32.3. The highest BCUT2D eigenvalue weighted by Crippen LogP contribution is 2.30. The monoisotopic (exact) mass is 170 g/mol. The van der Waals surface area contributed by atoms with E-state index in [4.69, 9.17) is 0 Å². The molecule has 3 nitrogen and oxygen atoms in total. The Kier molecular flexibility index (Phi) is 2.37. The van der Waals surface area contributed by atoms with Crippen molar-refractivity contribution in [2.75, 3.05) is 0 Å². The van der Waals surface area contributed by atoms with Crippen LogP contribution in [0.5, 0.6) is 0 Å². The fourth-order valence-corrected chi connectivity index (χ4v) is 1.32. The van der Waals surface area contributed by atoms with Gasteiger partial charge in [-0.25, -0.2) is 0 Å². The minimum Gasteiger partial charge on any atom is -0.380 e. The van der Waals surface area contributed by atoms with Gasteiger partial charge in [0.25, 0.3) is 0 Å². The lowest BCUT2D eigenvalue weighted by Crippen LogP contribution is -2.52. The van der Waals surface area contributed by atoms with Gasteiger partial charge in [-0.15, -0.1) is 0 Å². The molecule has 12 heavy (non-hydrogen) atoms. The summed E-state index contributed by atoms with van der Waals surface area (Å²) in [5, 5.41) is 28.5. The van der Waals surface area contributed by atoms with E-state index in [1.807, 2.05) is 6.92 Å². The predicted octanol–water partition coefficient (Wildman–Crippen LogP) is 0.324. The average Bonchev–Trinajstić information content (AvgIpc) is 1.96. The van der Waals surface area contributed by atoms with Gasteiger partial charge in [0, 0.05) is 0 Å². The molecule has 68 valence electrons. The van der Waals surface area contributed by atoms with E-state index in [0.29, 0.717) is 12.8 Å². The Morgan fingerprint density at radius 2 is 1.67 bits per heavy atom. The van der Waals surface area contributed by atoms with E-state index in [1.165, 1.54) is 18.2 Å². The molecule has 0 aromatic rings. The van der Waals surface area contributed by atoms with Gasteiger partial charge in [-0.2, -0.15) is 0 Å². The molecule has 0 fully saturated rings. The van der Waals surface area contributed by atoms with Crippen molar-refractivity contribution in [1.29, 1.82) is 0 Å². The third kappa shape index (κ3) is 1.43. The quantitative estimate of drug-likeness (QED) is 0.523. The van der Waals surface area contributed by atoms with Crippen LogP contribution in [0.1, 0.15) is 19.8 Å². The second kappa shape index (κ2) is 3.01. The fraction of sp³-hybridized carbons (Fsp3) is 0.556. The van der Waals surface area contributed by atoms with Crippen LogP contribution >= 0.6 is 0 Å². The Morgan fingerprint density at radius 3 is 2.17 bits per heavy atom. The van der Waals surface area contributed by atoms with Crippen molar-refractivity contribution >= 4 is 0 Å². The fourth-order valence-electron chi connectivity index (χ4n) is 1.32. The van der Waals surface area contributed by atoms with Crippen molar-refractivity contribution in [3.05, 3.63) is 24.3 Å². The smallest absolute Gasteiger partial charge is 0.216 e. The van der Waals surface area contributed by atoms with Gasteiger partial charge in [0.1, 0.15) is 5.60 Å². The van der Waals surface area contributed by atoms with E-state index < -0.39 is 11.4 Å². The molecular weight excluding hydrogens is 156 g/mol. The maximum Gasteiger partial charge on any atom is 0.216 e. The van der Waals surface area contributed by atoms with Crippen LogP contribution in [-0.4, -0.2) is 26.7 Å². The molecule has 0 aliphatic heterocycles. The van der Waals surface area contributed by atoms with Gasteiger partial charge in [0.15, 0.2) is 0 Å². The van der Waals surface area contributed by atoms with Crippen LogP contribution in [0.3, 0.4) is 0 Å². The summed E-state index contributed by atoms with van der Waals surface area (Å²) in [5.41, 5.74) is -1.53. The molecule has 3 N–H and O–H groups in total. The van der Waals surface area contributed by atoms with Crippen LogP contribution in [0.25, 0.3) is 0 Å². The molecule has 0 aromatic carbocycles. The molecule has 0 saturated carbocycles. The first kappa shape index (κ1) is 9.45. The highest BCUT2D eigenvalue weighted by atomic mass is 16.5. The summed E-state index contributed by atoms with van der Waals surface area (Å²) in [6.45, 7) is 1.88. The highest BCUT2D eigenvalue weighted by Gasteiger charge is 2.44. The van der Waals surface area contributed by atoms with E-state index in [9.17, 15) is 15.3 Å². The molecule has 3 heteroatoms. The number of hydrogen-bond donors (Lipinski definition) is 3. The molecule has 1 aliphatic carbocycles. The van der Waals surface area contributed by atoms with Gasteiger partial charge in [-0.1, -0.05) is 25.5 Å². The highest BCUT2D eigenvalue weighted by molar-refractivity contribution is 5.25. The van der Waals surface area contributed by atoms with Gasteiger partial charge in [0.05, 0.1) is 0 Å². The van der Waals surface area contributed by atoms with Crippen molar-refractivity contribution in [3.63, 3.8) is 0 Å². The van der Waals surface area contributed by atoms with Crippen LogP contribution in [0.15, 0.2) is 24.3 Å². The molecule has 0 amide bonds. The Morgan fingerprint density at radius 1 is 1.08 bits per heavy atom. The summed E-state index contributed by atoms with van der Waals surface area (Å²) in [4.78, 5) is 0. The van der Waals surface area contributed by atoms with Crippen LogP contribution in [0, 0.1) is 0 Å².